The normalized spacial score (nSPS) is 17.2. The van der Waals surface area contributed by atoms with Crippen LogP contribution in [0.2, 0.25) is 0 Å². The molecule has 0 aliphatic carbocycles. The minimum absolute atomic E-state index is 0.112. The van der Waals surface area contributed by atoms with E-state index in [2.05, 4.69) is 33.1 Å². The van der Waals surface area contributed by atoms with Gasteiger partial charge in [0.1, 0.15) is 12.1 Å². The van der Waals surface area contributed by atoms with Gasteiger partial charge in [0.2, 0.25) is 5.91 Å². The summed E-state index contributed by atoms with van der Waals surface area (Å²) in [6.45, 7) is 5.92. The number of rotatable bonds is 14. The Morgan fingerprint density at radius 3 is 2.27 bits per heavy atom. The number of nitrogens with zero attached hydrogens (tertiary/aromatic N) is 1. The van der Waals surface area contributed by atoms with Crippen LogP contribution in [0.1, 0.15) is 43.0 Å². The third kappa shape index (κ3) is 8.34. The van der Waals surface area contributed by atoms with E-state index in [9.17, 15) is 19.5 Å². The highest BCUT2D eigenvalue weighted by molar-refractivity contribution is 9.10. The van der Waals surface area contributed by atoms with Gasteiger partial charge in [-0.2, -0.15) is 0 Å². The van der Waals surface area contributed by atoms with Gasteiger partial charge in [0.25, 0.3) is 5.91 Å². The number of hydrogen-bond donors (Lipinski definition) is 3. The van der Waals surface area contributed by atoms with Crippen LogP contribution in [0, 0.1) is 0 Å². The van der Waals surface area contributed by atoms with Crippen molar-refractivity contribution < 1.29 is 29.0 Å². The van der Waals surface area contributed by atoms with Gasteiger partial charge in [-0.1, -0.05) is 82.7 Å². The molecule has 44 heavy (non-hydrogen) atoms. The third-order valence-corrected chi connectivity index (χ3v) is 7.92. The van der Waals surface area contributed by atoms with Crippen molar-refractivity contribution in [2.45, 2.75) is 50.1 Å². The SMILES string of the molecule is C=CCO[C@@H](c1ccccc1)[C@H](NC(=O)[C@@H]1CCCN1C(=O)[C@H](O)[C@H](Nc1ccc(Br)cc1)c1ccccc1)C(=O)OCC. The molecule has 1 saturated heterocycles. The monoisotopic (exact) mass is 663 g/mol. The highest BCUT2D eigenvalue weighted by Gasteiger charge is 2.42. The minimum Gasteiger partial charge on any atom is -0.464 e. The maximum absolute atomic E-state index is 13.9. The number of likely N-dealkylation sites (tertiary alicyclic amines) is 1. The number of aliphatic hydroxyl groups is 1. The van der Waals surface area contributed by atoms with Crippen molar-refractivity contribution in [3.8, 4) is 0 Å². The topological polar surface area (TPSA) is 117 Å². The molecule has 9 nitrogen and oxygen atoms in total. The zero-order chi connectivity index (χ0) is 31.5. The fourth-order valence-corrected chi connectivity index (χ4v) is 5.55. The maximum atomic E-state index is 13.9. The summed E-state index contributed by atoms with van der Waals surface area (Å²) in [6.07, 6.45) is 0.143. The number of halogens is 1. The first-order valence-corrected chi connectivity index (χ1v) is 15.4. The second-order valence-corrected chi connectivity index (χ2v) is 11.3. The Labute approximate surface area is 266 Å². The molecule has 1 aliphatic rings. The first-order valence-electron chi connectivity index (χ1n) is 14.6. The first-order chi connectivity index (χ1) is 21.3. The van der Waals surface area contributed by atoms with E-state index in [4.69, 9.17) is 9.47 Å². The van der Waals surface area contributed by atoms with E-state index in [0.717, 1.165) is 4.47 Å². The molecule has 0 saturated carbocycles. The smallest absolute Gasteiger partial charge is 0.331 e. The van der Waals surface area contributed by atoms with Crippen LogP contribution >= 0.6 is 15.9 Å². The third-order valence-electron chi connectivity index (χ3n) is 7.40. The predicted molar refractivity (Wildman–Crippen MR) is 172 cm³/mol. The molecule has 2 amide bonds. The number of nitrogens with one attached hydrogen (secondary N) is 2. The summed E-state index contributed by atoms with van der Waals surface area (Å²) in [6, 6.07) is 22.8. The number of amides is 2. The molecule has 3 aromatic rings. The van der Waals surface area contributed by atoms with Gasteiger partial charge in [0.15, 0.2) is 12.1 Å². The largest absolute Gasteiger partial charge is 0.464 e. The van der Waals surface area contributed by atoms with Crippen LogP contribution in [0.4, 0.5) is 5.69 Å². The molecule has 0 spiro atoms. The summed E-state index contributed by atoms with van der Waals surface area (Å²) in [5.41, 5.74) is 2.10. The van der Waals surface area contributed by atoms with Crippen LogP contribution in [-0.4, -0.2) is 65.7 Å². The molecule has 3 aromatic carbocycles. The molecular formula is C34H38BrN3O6. The molecule has 0 bridgehead atoms. The van der Waals surface area contributed by atoms with Crippen molar-refractivity contribution in [2.75, 3.05) is 25.1 Å². The summed E-state index contributed by atoms with van der Waals surface area (Å²) in [5, 5.41) is 17.6. The Kier molecular flexibility index (Phi) is 12.1. The number of ether oxygens (including phenoxy) is 2. The van der Waals surface area contributed by atoms with Crippen molar-refractivity contribution in [3.05, 3.63) is 113 Å². The Morgan fingerprint density at radius 2 is 1.66 bits per heavy atom. The standard InChI is InChI=1S/C34H38BrN3O6/c1-3-22-44-31(24-14-9-6-10-15-24)29(34(42)43-4-2)37-32(40)27-16-11-21-38(27)33(41)30(39)28(23-12-7-5-8-13-23)36-26-19-17-25(35)18-20-26/h3,5-10,12-15,17-20,27-31,36,39H,1,4,11,16,21-22H2,2H3,(H,37,40)/t27-,28+,29-,30+,31-/m0/s1. The van der Waals surface area contributed by atoms with Gasteiger partial charge in [-0.15, -0.1) is 6.58 Å². The predicted octanol–water partition coefficient (Wildman–Crippen LogP) is 4.95. The number of anilines is 1. The molecule has 232 valence electrons. The number of esters is 1. The van der Waals surface area contributed by atoms with Crippen LogP contribution in [0.3, 0.4) is 0 Å². The van der Waals surface area contributed by atoms with E-state index in [1.54, 1.807) is 25.1 Å². The number of aliphatic hydroxyl groups excluding tert-OH is 1. The quantitative estimate of drug-likeness (QED) is 0.165. The van der Waals surface area contributed by atoms with E-state index in [1.165, 1.54) is 4.90 Å². The summed E-state index contributed by atoms with van der Waals surface area (Å²) in [7, 11) is 0. The fourth-order valence-electron chi connectivity index (χ4n) is 5.29. The van der Waals surface area contributed by atoms with Gasteiger partial charge in [-0.05, 0) is 55.2 Å². The van der Waals surface area contributed by atoms with E-state index in [-0.39, 0.29) is 19.8 Å². The average Bonchev–Trinajstić information content (AvgIpc) is 3.55. The van der Waals surface area contributed by atoms with Crippen LogP contribution in [0.25, 0.3) is 0 Å². The molecular weight excluding hydrogens is 626 g/mol. The van der Waals surface area contributed by atoms with E-state index in [1.807, 2.05) is 72.8 Å². The molecule has 0 aromatic heterocycles. The van der Waals surface area contributed by atoms with Crippen molar-refractivity contribution in [2.24, 2.45) is 0 Å². The van der Waals surface area contributed by atoms with Gasteiger partial charge >= 0.3 is 5.97 Å². The zero-order valence-corrected chi connectivity index (χ0v) is 26.2. The molecule has 10 heteroatoms. The van der Waals surface area contributed by atoms with Gasteiger partial charge in [-0.25, -0.2) is 4.79 Å². The van der Waals surface area contributed by atoms with Gasteiger partial charge in [0, 0.05) is 16.7 Å². The fraction of sp³-hybridized carbons (Fsp3) is 0.324. The van der Waals surface area contributed by atoms with Crippen LogP contribution < -0.4 is 10.6 Å². The highest BCUT2D eigenvalue weighted by atomic mass is 79.9. The van der Waals surface area contributed by atoms with E-state index in [0.29, 0.717) is 29.7 Å². The molecule has 5 atom stereocenters. The first kappa shape index (κ1) is 32.9. The van der Waals surface area contributed by atoms with E-state index >= 15 is 0 Å². The maximum Gasteiger partial charge on any atom is 0.331 e. The molecule has 1 fully saturated rings. The molecule has 0 unspecified atom stereocenters. The molecule has 0 radical (unpaired) electrons. The van der Waals surface area contributed by atoms with Crippen LogP contribution in [-0.2, 0) is 23.9 Å². The number of benzene rings is 3. The van der Waals surface area contributed by atoms with Crippen molar-refractivity contribution in [1.29, 1.82) is 0 Å². The summed E-state index contributed by atoms with van der Waals surface area (Å²) < 4.78 is 12.2. The number of carbonyl (C=O) groups excluding carboxylic acids is 3. The minimum atomic E-state index is -1.50. The lowest BCUT2D eigenvalue weighted by Crippen LogP contribution is -2.55. The molecule has 1 aliphatic heterocycles. The summed E-state index contributed by atoms with van der Waals surface area (Å²) in [4.78, 5) is 42.2. The van der Waals surface area contributed by atoms with Gasteiger partial charge in [0.05, 0.1) is 19.3 Å². The van der Waals surface area contributed by atoms with Crippen molar-refractivity contribution >= 4 is 39.4 Å². The molecule has 4 rings (SSSR count). The van der Waals surface area contributed by atoms with Crippen molar-refractivity contribution in [3.63, 3.8) is 0 Å². The van der Waals surface area contributed by atoms with Gasteiger partial charge in [-0.3, -0.25) is 9.59 Å². The highest BCUT2D eigenvalue weighted by Crippen LogP contribution is 2.29. The van der Waals surface area contributed by atoms with Crippen LogP contribution in [0.15, 0.2) is 102 Å². The molecule has 1 heterocycles. The van der Waals surface area contributed by atoms with Gasteiger partial charge < -0.3 is 30.1 Å². The Balaban J connectivity index is 1.57. The lowest BCUT2D eigenvalue weighted by Gasteiger charge is -2.32. The molecule has 3 N–H and O–H groups in total. The average molecular weight is 665 g/mol. The summed E-state index contributed by atoms with van der Waals surface area (Å²) in [5.74, 6) is -1.77. The van der Waals surface area contributed by atoms with Crippen LogP contribution in [0.5, 0.6) is 0 Å². The zero-order valence-electron chi connectivity index (χ0n) is 24.6. The number of hydrogen-bond acceptors (Lipinski definition) is 7. The second kappa shape index (κ2) is 16.2. The van der Waals surface area contributed by atoms with E-state index < -0.39 is 48.1 Å². The van der Waals surface area contributed by atoms with Crippen molar-refractivity contribution in [1.82, 2.24) is 10.2 Å². The Morgan fingerprint density at radius 1 is 1.02 bits per heavy atom. The Bertz CT molecular complexity index is 1390. The second-order valence-electron chi connectivity index (χ2n) is 10.4. The lowest BCUT2D eigenvalue weighted by atomic mass is 9.99. The summed E-state index contributed by atoms with van der Waals surface area (Å²) >= 11 is 3.43. The number of carbonyl (C=O) groups is 3. The lowest BCUT2D eigenvalue weighted by molar-refractivity contribution is -0.153. The Hall–Kier alpha value is -3.99.